The van der Waals surface area contributed by atoms with Crippen molar-refractivity contribution in [3.8, 4) is 5.75 Å². The maximum absolute atomic E-state index is 11.3. The first-order chi connectivity index (χ1) is 12.0. The Morgan fingerprint density at radius 3 is 2.32 bits per heavy atom. The Bertz CT molecular complexity index is 758. The van der Waals surface area contributed by atoms with Gasteiger partial charge in [0.15, 0.2) is 0 Å². The van der Waals surface area contributed by atoms with Gasteiger partial charge in [0, 0.05) is 0 Å². The third kappa shape index (κ3) is 6.83. The maximum Gasteiger partial charge on any atom is 0.298 e. The van der Waals surface area contributed by atoms with E-state index in [1.165, 1.54) is 6.07 Å². The summed E-state index contributed by atoms with van der Waals surface area (Å²) in [5.74, 6) is 0.117. The molecule has 0 saturated carbocycles. The van der Waals surface area contributed by atoms with E-state index in [-0.39, 0.29) is 23.9 Å². The summed E-state index contributed by atoms with van der Waals surface area (Å²) in [6.45, 7) is 3.66. The molecule has 0 radical (unpaired) electrons. The van der Waals surface area contributed by atoms with Crippen molar-refractivity contribution in [3.05, 3.63) is 59.7 Å². The lowest BCUT2D eigenvalue weighted by atomic mass is 10.2. The SMILES string of the molecule is Cc1ccc(S(=O)(=O)O)c(OCCOCCOCc2ccccc2)c1. The molecule has 0 aliphatic rings. The van der Waals surface area contributed by atoms with E-state index in [2.05, 4.69) is 0 Å². The molecule has 0 bridgehead atoms. The van der Waals surface area contributed by atoms with E-state index < -0.39 is 10.1 Å². The molecule has 0 heterocycles. The van der Waals surface area contributed by atoms with Crippen LogP contribution in [-0.2, 0) is 26.2 Å². The van der Waals surface area contributed by atoms with Crippen LogP contribution in [0.1, 0.15) is 11.1 Å². The van der Waals surface area contributed by atoms with E-state index in [1.807, 2.05) is 30.3 Å². The van der Waals surface area contributed by atoms with E-state index in [0.29, 0.717) is 19.8 Å². The molecule has 6 nitrogen and oxygen atoms in total. The molecule has 25 heavy (non-hydrogen) atoms. The summed E-state index contributed by atoms with van der Waals surface area (Å²) < 4.78 is 48.1. The van der Waals surface area contributed by atoms with Crippen molar-refractivity contribution in [1.82, 2.24) is 0 Å². The highest BCUT2D eigenvalue weighted by molar-refractivity contribution is 7.86. The molecule has 0 aliphatic carbocycles. The fraction of sp³-hybridized carbons (Fsp3) is 0.333. The van der Waals surface area contributed by atoms with Crippen molar-refractivity contribution in [2.24, 2.45) is 0 Å². The molecule has 2 rings (SSSR count). The predicted molar refractivity (Wildman–Crippen MR) is 93.4 cm³/mol. The molecule has 0 amide bonds. The average Bonchev–Trinajstić information content (AvgIpc) is 2.57. The zero-order valence-electron chi connectivity index (χ0n) is 14.1. The second-order valence-corrected chi connectivity index (χ2v) is 6.81. The smallest absolute Gasteiger partial charge is 0.298 e. The maximum atomic E-state index is 11.3. The predicted octanol–water partition coefficient (Wildman–Crippen LogP) is 2.85. The Morgan fingerprint density at radius 2 is 1.60 bits per heavy atom. The third-order valence-corrected chi connectivity index (χ3v) is 4.24. The summed E-state index contributed by atoms with van der Waals surface area (Å²) in [6, 6.07) is 14.3. The molecule has 0 atom stereocenters. The zero-order chi connectivity index (χ0) is 18.1. The lowest BCUT2D eigenvalue weighted by Crippen LogP contribution is -2.12. The van der Waals surface area contributed by atoms with Crippen molar-refractivity contribution >= 4 is 10.1 Å². The summed E-state index contributed by atoms with van der Waals surface area (Å²) in [5.41, 5.74) is 1.93. The highest BCUT2D eigenvalue weighted by atomic mass is 32.2. The number of hydrogen-bond acceptors (Lipinski definition) is 5. The molecule has 7 heteroatoms. The van der Waals surface area contributed by atoms with E-state index in [9.17, 15) is 13.0 Å². The minimum atomic E-state index is -4.32. The topological polar surface area (TPSA) is 82.1 Å². The average molecular weight is 366 g/mol. The minimum Gasteiger partial charge on any atom is -0.490 e. The van der Waals surface area contributed by atoms with Crippen LogP contribution in [0, 0.1) is 6.92 Å². The van der Waals surface area contributed by atoms with E-state index in [0.717, 1.165) is 11.1 Å². The summed E-state index contributed by atoms with van der Waals surface area (Å²) >= 11 is 0. The second-order valence-electron chi connectivity index (χ2n) is 5.42. The van der Waals surface area contributed by atoms with Gasteiger partial charge >= 0.3 is 0 Å². The van der Waals surface area contributed by atoms with Gasteiger partial charge in [-0.15, -0.1) is 0 Å². The molecule has 0 aromatic heterocycles. The quantitative estimate of drug-likeness (QED) is 0.514. The van der Waals surface area contributed by atoms with Gasteiger partial charge in [0.25, 0.3) is 10.1 Å². The summed E-state index contributed by atoms with van der Waals surface area (Å²) in [7, 11) is -4.32. The molecular weight excluding hydrogens is 344 g/mol. The number of ether oxygens (including phenoxy) is 3. The van der Waals surface area contributed by atoms with Crippen LogP contribution in [0.5, 0.6) is 5.75 Å². The van der Waals surface area contributed by atoms with Gasteiger partial charge in [-0.05, 0) is 30.2 Å². The Hall–Kier alpha value is -1.93. The molecule has 1 N–H and O–H groups in total. The van der Waals surface area contributed by atoms with Crippen LogP contribution in [0.3, 0.4) is 0 Å². The number of aryl methyl sites for hydroxylation is 1. The number of hydrogen-bond donors (Lipinski definition) is 1. The van der Waals surface area contributed by atoms with Crippen molar-refractivity contribution in [1.29, 1.82) is 0 Å². The van der Waals surface area contributed by atoms with E-state index in [4.69, 9.17) is 14.2 Å². The monoisotopic (exact) mass is 366 g/mol. The van der Waals surface area contributed by atoms with Crippen LogP contribution in [-0.4, -0.2) is 39.4 Å². The molecule has 2 aromatic rings. The summed E-state index contributed by atoms with van der Waals surface area (Å²) in [6.07, 6.45) is 0. The largest absolute Gasteiger partial charge is 0.490 e. The molecule has 0 saturated heterocycles. The molecule has 136 valence electrons. The molecule has 2 aromatic carbocycles. The van der Waals surface area contributed by atoms with Crippen LogP contribution < -0.4 is 4.74 Å². The van der Waals surface area contributed by atoms with Gasteiger partial charge in [0.05, 0.1) is 26.4 Å². The number of benzene rings is 2. The molecule has 0 spiro atoms. The van der Waals surface area contributed by atoms with Crippen LogP contribution in [0.25, 0.3) is 0 Å². The van der Waals surface area contributed by atoms with Gasteiger partial charge in [-0.25, -0.2) is 0 Å². The van der Waals surface area contributed by atoms with Crippen molar-refractivity contribution in [2.75, 3.05) is 26.4 Å². The van der Waals surface area contributed by atoms with Gasteiger partial charge < -0.3 is 14.2 Å². The number of rotatable bonds is 10. The standard InChI is InChI=1S/C18H22O6S/c1-15-7-8-18(25(19,20)21)17(13-15)24-12-11-22-9-10-23-14-16-5-3-2-4-6-16/h2-8,13H,9-12,14H2,1H3,(H,19,20,21). The van der Waals surface area contributed by atoms with Crippen molar-refractivity contribution in [2.45, 2.75) is 18.4 Å². The fourth-order valence-electron chi connectivity index (χ4n) is 2.14. The highest BCUT2D eigenvalue weighted by Crippen LogP contribution is 2.24. The summed E-state index contributed by atoms with van der Waals surface area (Å²) in [4.78, 5) is -0.246. The summed E-state index contributed by atoms with van der Waals surface area (Å²) in [5, 5.41) is 0. The van der Waals surface area contributed by atoms with Crippen molar-refractivity contribution < 1.29 is 27.2 Å². The van der Waals surface area contributed by atoms with Crippen LogP contribution in [0.2, 0.25) is 0 Å². The van der Waals surface area contributed by atoms with Gasteiger partial charge in [0.2, 0.25) is 0 Å². The van der Waals surface area contributed by atoms with Crippen LogP contribution >= 0.6 is 0 Å². The first-order valence-electron chi connectivity index (χ1n) is 7.87. The fourth-order valence-corrected chi connectivity index (χ4v) is 2.75. The first kappa shape index (κ1) is 19.4. The van der Waals surface area contributed by atoms with Gasteiger partial charge in [-0.3, -0.25) is 4.55 Å². The zero-order valence-corrected chi connectivity index (χ0v) is 14.9. The van der Waals surface area contributed by atoms with Crippen LogP contribution in [0.4, 0.5) is 0 Å². The van der Waals surface area contributed by atoms with Crippen LogP contribution in [0.15, 0.2) is 53.4 Å². The molecule has 0 aliphatic heterocycles. The van der Waals surface area contributed by atoms with Gasteiger partial charge in [-0.1, -0.05) is 36.4 Å². The second kappa shape index (κ2) is 9.53. The van der Waals surface area contributed by atoms with Gasteiger partial charge in [-0.2, -0.15) is 8.42 Å². The first-order valence-corrected chi connectivity index (χ1v) is 9.31. The Balaban J connectivity index is 1.66. The molecular formula is C18H22O6S. The lowest BCUT2D eigenvalue weighted by Gasteiger charge is -2.11. The lowest BCUT2D eigenvalue weighted by molar-refractivity contribution is 0.0300. The minimum absolute atomic E-state index is 0.117. The Morgan fingerprint density at radius 1 is 0.920 bits per heavy atom. The Labute approximate surface area is 148 Å². The van der Waals surface area contributed by atoms with E-state index >= 15 is 0 Å². The normalized spacial score (nSPS) is 11.4. The van der Waals surface area contributed by atoms with Crippen molar-refractivity contribution in [3.63, 3.8) is 0 Å². The molecule has 0 unspecified atom stereocenters. The highest BCUT2D eigenvalue weighted by Gasteiger charge is 2.16. The van der Waals surface area contributed by atoms with E-state index in [1.54, 1.807) is 19.1 Å². The third-order valence-electron chi connectivity index (χ3n) is 3.35. The molecule has 0 fully saturated rings. The Kier molecular flexibility index (Phi) is 7.39. The van der Waals surface area contributed by atoms with Gasteiger partial charge in [0.1, 0.15) is 17.3 Å².